The molecule has 1 fully saturated rings. The van der Waals surface area contributed by atoms with Gasteiger partial charge in [0.2, 0.25) is 0 Å². The third-order valence-electron chi connectivity index (χ3n) is 10.5. The first kappa shape index (κ1) is 34.4. The number of anilines is 1. The van der Waals surface area contributed by atoms with E-state index < -0.39 is 8.32 Å². The number of piperidine rings is 1. The Bertz CT molecular complexity index is 1760. The summed E-state index contributed by atoms with van der Waals surface area (Å²) in [4.78, 5) is 16.6. The Morgan fingerprint density at radius 1 is 0.958 bits per heavy atom. The summed E-state index contributed by atoms with van der Waals surface area (Å²) in [6.45, 7) is 22.0. The molecule has 0 radical (unpaired) electrons. The van der Waals surface area contributed by atoms with Gasteiger partial charge in [0.15, 0.2) is 5.75 Å². The van der Waals surface area contributed by atoms with Crippen LogP contribution in [0.15, 0.2) is 41.8 Å². The van der Waals surface area contributed by atoms with Gasteiger partial charge in [-0.15, -0.1) is 11.3 Å². The van der Waals surface area contributed by atoms with Crippen molar-refractivity contribution >= 4 is 48.7 Å². The van der Waals surface area contributed by atoms with Crippen LogP contribution in [-0.2, 0) is 0 Å². The van der Waals surface area contributed by atoms with E-state index in [4.69, 9.17) is 13.9 Å². The van der Waals surface area contributed by atoms with E-state index in [1.807, 2.05) is 28.5 Å². The number of rotatable bonds is 8. The average Bonchev–Trinajstić information content (AvgIpc) is 3.50. The maximum absolute atomic E-state index is 13.7. The van der Waals surface area contributed by atoms with Gasteiger partial charge in [-0.2, -0.15) is 0 Å². The van der Waals surface area contributed by atoms with Crippen molar-refractivity contribution < 1.29 is 18.7 Å². The van der Waals surface area contributed by atoms with Crippen LogP contribution < -0.4 is 19.2 Å². The highest BCUT2D eigenvalue weighted by atomic mass is 32.1. The first-order chi connectivity index (χ1) is 22.8. The summed E-state index contributed by atoms with van der Waals surface area (Å²) in [5.74, 6) is 3.03. The third-order valence-corrected chi connectivity index (χ3v) is 17.3. The fraction of sp³-hybridized carbons (Fsp3) is 0.475. The van der Waals surface area contributed by atoms with E-state index in [1.54, 1.807) is 18.4 Å². The Balaban J connectivity index is 1.55. The molecule has 3 aromatic rings. The third kappa shape index (κ3) is 5.89. The molecule has 2 aromatic carbocycles. The summed E-state index contributed by atoms with van der Waals surface area (Å²) >= 11 is 1.58. The number of thiophene rings is 1. The number of amides is 1. The Labute approximate surface area is 292 Å². The molecule has 6 nitrogen and oxygen atoms in total. The van der Waals surface area contributed by atoms with Crippen LogP contribution >= 0.6 is 11.3 Å². The molecule has 3 aliphatic heterocycles. The second-order valence-electron chi connectivity index (χ2n) is 15.1. The summed E-state index contributed by atoms with van der Waals surface area (Å²) in [7, 11) is -0.547. The fourth-order valence-electron chi connectivity index (χ4n) is 8.56. The largest absolute Gasteiger partial charge is 0.540 e. The molecule has 0 bridgehead atoms. The molecule has 3 aliphatic rings. The maximum Gasteiger partial charge on any atom is 0.258 e. The number of nitrogens with zero attached hydrogens (tertiary/aromatic N) is 1. The van der Waals surface area contributed by atoms with Crippen LogP contribution in [0.2, 0.25) is 16.6 Å². The lowest BCUT2D eigenvalue weighted by molar-refractivity contribution is 0.0724. The fourth-order valence-corrected chi connectivity index (χ4v) is 14.6. The molecular weight excluding hydrogens is 633 g/mol. The number of allylic oxidation sites excluding steroid dienone is 1. The number of benzene rings is 2. The van der Waals surface area contributed by atoms with Gasteiger partial charge in [0.05, 0.1) is 23.8 Å². The lowest BCUT2D eigenvalue weighted by Crippen LogP contribution is -2.50. The maximum atomic E-state index is 13.7. The molecule has 8 heteroatoms. The van der Waals surface area contributed by atoms with Gasteiger partial charge in [0.1, 0.15) is 17.3 Å². The van der Waals surface area contributed by atoms with E-state index in [9.17, 15) is 4.79 Å². The van der Waals surface area contributed by atoms with Crippen LogP contribution in [0.1, 0.15) is 108 Å². The van der Waals surface area contributed by atoms with Gasteiger partial charge in [-0.3, -0.25) is 4.79 Å². The molecule has 0 spiro atoms. The summed E-state index contributed by atoms with van der Waals surface area (Å²) in [5.41, 5.74) is 8.06. The lowest BCUT2D eigenvalue weighted by Gasteiger charge is -2.42. The zero-order valence-corrected chi connectivity index (χ0v) is 32.2. The molecule has 1 amide bonds. The Morgan fingerprint density at radius 3 is 2.29 bits per heavy atom. The van der Waals surface area contributed by atoms with Crippen molar-refractivity contribution in [2.45, 2.75) is 104 Å². The minimum atomic E-state index is -2.28. The summed E-state index contributed by atoms with van der Waals surface area (Å²) < 4.78 is 20.4. The molecule has 1 aromatic heterocycles. The predicted molar refractivity (Wildman–Crippen MR) is 204 cm³/mol. The van der Waals surface area contributed by atoms with Gasteiger partial charge in [-0.1, -0.05) is 53.7 Å². The molecule has 0 atom stereocenters. The average molecular weight is 685 g/mol. The second kappa shape index (κ2) is 13.1. The molecule has 1 saturated heterocycles. The highest BCUT2D eigenvalue weighted by Gasteiger charge is 2.48. The first-order valence-electron chi connectivity index (χ1n) is 17.6. The van der Waals surface area contributed by atoms with Crippen molar-refractivity contribution in [2.24, 2.45) is 0 Å². The van der Waals surface area contributed by atoms with E-state index in [0.717, 1.165) is 81.6 Å². The Hall–Kier alpha value is -3.49. The molecule has 0 saturated carbocycles. The normalized spacial score (nSPS) is 17.8. The lowest BCUT2D eigenvalue weighted by atomic mass is 9.83. The van der Waals surface area contributed by atoms with Gasteiger partial charge in [0, 0.05) is 40.3 Å². The van der Waals surface area contributed by atoms with Crippen LogP contribution in [0.4, 0.5) is 5.69 Å². The van der Waals surface area contributed by atoms with Crippen molar-refractivity contribution in [3.05, 3.63) is 63.4 Å². The minimum absolute atomic E-state index is 0.102. The number of likely N-dealkylation sites (tertiary alicyclic amines) is 1. The van der Waals surface area contributed by atoms with Gasteiger partial charge in [0.25, 0.3) is 14.2 Å². The zero-order chi connectivity index (χ0) is 34.5. The molecule has 0 unspecified atom stereocenters. The standard InChI is InChI=1S/C40H52N2O4SSi/c1-24(2)48(25(3)4,26(5)6)46-32-17-16-31-37(38(32)44-10)29-14-15-30-35(27(7)23-40(8,9)41-30)36(29)33(45-31)22-34-28(18-21-47-34)39(43)42-19-12-11-13-20-42/h14-18,21-26,41H,11-13,19-20H2,1-10H3/b33-22-. The van der Waals surface area contributed by atoms with Crippen LogP contribution in [0, 0.1) is 0 Å². The number of hydrogen-bond donors (Lipinski definition) is 1. The molecule has 48 heavy (non-hydrogen) atoms. The van der Waals surface area contributed by atoms with E-state index >= 15 is 0 Å². The number of carbonyl (C=O) groups is 1. The molecule has 1 N–H and O–H groups in total. The summed E-state index contributed by atoms with van der Waals surface area (Å²) in [5, 5.41) is 5.75. The van der Waals surface area contributed by atoms with Crippen LogP contribution in [0.3, 0.4) is 0 Å². The number of fused-ring (bicyclic) bond motifs is 5. The number of carbonyl (C=O) groups excluding carboxylic acids is 1. The zero-order valence-electron chi connectivity index (χ0n) is 30.4. The van der Waals surface area contributed by atoms with E-state index in [2.05, 4.69) is 91.9 Å². The minimum Gasteiger partial charge on any atom is -0.540 e. The number of nitrogens with one attached hydrogen (secondary N) is 1. The Morgan fingerprint density at radius 2 is 1.65 bits per heavy atom. The van der Waals surface area contributed by atoms with E-state index in [1.165, 1.54) is 12.0 Å². The van der Waals surface area contributed by atoms with Crippen molar-refractivity contribution in [1.82, 2.24) is 4.90 Å². The molecule has 256 valence electrons. The number of ether oxygens (including phenoxy) is 2. The Kier molecular flexibility index (Phi) is 9.37. The highest BCUT2D eigenvalue weighted by molar-refractivity contribution is 7.11. The highest BCUT2D eigenvalue weighted by Crippen LogP contribution is 2.56. The first-order valence-corrected chi connectivity index (χ1v) is 20.6. The number of methoxy groups -OCH3 is 1. The number of hydrogen-bond acceptors (Lipinski definition) is 6. The smallest absolute Gasteiger partial charge is 0.258 e. The quantitative estimate of drug-likeness (QED) is 0.239. The SMILES string of the molecule is COc1c(O[Si](C(C)C)(C(C)C)C(C)C)ccc2c1-c1ccc3c(c1/C(=C/c1sccc1C(=O)N1CCCCC1)O2)C(C)=CC(C)(C)N3. The molecule has 0 aliphatic carbocycles. The predicted octanol–water partition coefficient (Wildman–Crippen LogP) is 11.1. The van der Waals surface area contributed by atoms with Crippen molar-refractivity contribution in [3.63, 3.8) is 0 Å². The van der Waals surface area contributed by atoms with Gasteiger partial charge >= 0.3 is 0 Å². The van der Waals surface area contributed by atoms with Crippen molar-refractivity contribution in [3.8, 4) is 28.4 Å². The van der Waals surface area contributed by atoms with Crippen LogP contribution in [0.25, 0.3) is 28.5 Å². The topological polar surface area (TPSA) is 60.0 Å². The van der Waals surface area contributed by atoms with E-state index in [-0.39, 0.29) is 11.4 Å². The molecular formula is C40H52N2O4SSi. The summed E-state index contributed by atoms with van der Waals surface area (Å²) in [6.07, 6.45) is 7.65. The van der Waals surface area contributed by atoms with Gasteiger partial charge < -0.3 is 24.1 Å². The monoisotopic (exact) mass is 684 g/mol. The second-order valence-corrected chi connectivity index (χ2v) is 21.5. The summed E-state index contributed by atoms with van der Waals surface area (Å²) in [6, 6.07) is 10.4. The van der Waals surface area contributed by atoms with Gasteiger partial charge in [-0.25, -0.2) is 0 Å². The molecule has 4 heterocycles. The van der Waals surface area contributed by atoms with Gasteiger partial charge in [-0.05, 0) is 98.0 Å². The van der Waals surface area contributed by atoms with E-state index in [0.29, 0.717) is 22.4 Å². The van der Waals surface area contributed by atoms with Crippen molar-refractivity contribution in [1.29, 1.82) is 0 Å². The van der Waals surface area contributed by atoms with Crippen molar-refractivity contribution in [2.75, 3.05) is 25.5 Å². The molecule has 6 rings (SSSR count). The van der Waals surface area contributed by atoms with Crippen LogP contribution in [-0.4, -0.2) is 44.9 Å². The van der Waals surface area contributed by atoms with Crippen LogP contribution in [0.5, 0.6) is 17.2 Å².